The van der Waals surface area contributed by atoms with Crippen LogP contribution in [0.25, 0.3) is 17.2 Å². The number of rotatable bonds is 8. The van der Waals surface area contributed by atoms with Crippen molar-refractivity contribution in [1.82, 2.24) is 10.3 Å². The molecule has 1 aliphatic rings. The zero-order chi connectivity index (χ0) is 20.9. The first-order valence-corrected chi connectivity index (χ1v) is 10.4. The van der Waals surface area contributed by atoms with Crippen LogP contribution >= 0.6 is 11.8 Å². The van der Waals surface area contributed by atoms with E-state index in [-0.39, 0.29) is 11.1 Å². The summed E-state index contributed by atoms with van der Waals surface area (Å²) in [7, 11) is 1.97. The van der Waals surface area contributed by atoms with Crippen LogP contribution in [0.1, 0.15) is 18.4 Å². The van der Waals surface area contributed by atoms with Crippen molar-refractivity contribution in [2.45, 2.75) is 12.8 Å². The highest BCUT2D eigenvalue weighted by Crippen LogP contribution is 2.26. The first kappa shape index (κ1) is 20.0. The SMILES string of the molecule is CN(CCCCOc1ccc(C=C2SC(=O)NC2=O)cc1)c1nc2ccccc2o1. The second-order valence-corrected chi connectivity index (χ2v) is 7.88. The Hall–Kier alpha value is -3.26. The van der Waals surface area contributed by atoms with Crippen molar-refractivity contribution in [3.63, 3.8) is 0 Å². The summed E-state index contributed by atoms with van der Waals surface area (Å²) in [5.41, 5.74) is 2.50. The number of fused-ring (bicyclic) bond motifs is 1. The number of hydrogen-bond acceptors (Lipinski definition) is 7. The summed E-state index contributed by atoms with van der Waals surface area (Å²) in [5.74, 6) is 0.414. The Kier molecular flexibility index (Phi) is 6.04. The molecule has 1 N–H and O–H groups in total. The minimum atomic E-state index is -0.354. The average molecular weight is 423 g/mol. The lowest BCUT2D eigenvalue weighted by Crippen LogP contribution is -2.19. The van der Waals surface area contributed by atoms with Crippen LogP contribution in [0, 0.1) is 0 Å². The van der Waals surface area contributed by atoms with Gasteiger partial charge in [-0.2, -0.15) is 4.98 Å². The fourth-order valence-corrected chi connectivity index (χ4v) is 3.67. The van der Waals surface area contributed by atoms with Crippen molar-refractivity contribution >= 4 is 46.1 Å². The number of aromatic nitrogens is 1. The Morgan fingerprint density at radius 1 is 1.13 bits per heavy atom. The number of imide groups is 1. The van der Waals surface area contributed by atoms with Gasteiger partial charge >= 0.3 is 0 Å². The quantitative estimate of drug-likeness (QED) is 0.423. The highest BCUT2D eigenvalue weighted by molar-refractivity contribution is 8.18. The van der Waals surface area contributed by atoms with E-state index < -0.39 is 0 Å². The Bertz CT molecular complexity index is 1060. The van der Waals surface area contributed by atoms with Gasteiger partial charge in [0.2, 0.25) is 0 Å². The third-order valence-electron chi connectivity index (χ3n) is 4.59. The number of ether oxygens (including phenoxy) is 1. The van der Waals surface area contributed by atoms with Gasteiger partial charge in [-0.1, -0.05) is 24.3 Å². The molecular formula is C22H21N3O4S. The summed E-state index contributed by atoms with van der Waals surface area (Å²) < 4.78 is 11.5. The standard InChI is InChI=1S/C22H21N3O4S/c1-25(21-23-17-6-2-3-7-18(17)29-21)12-4-5-13-28-16-10-8-15(9-11-16)14-19-20(26)24-22(27)30-19/h2-3,6-11,14H,4-5,12-13H2,1H3,(H,24,26,27). The molecule has 0 bridgehead atoms. The second-order valence-electron chi connectivity index (χ2n) is 6.86. The monoisotopic (exact) mass is 423 g/mol. The van der Waals surface area contributed by atoms with Gasteiger partial charge in [-0.25, -0.2) is 0 Å². The van der Waals surface area contributed by atoms with E-state index in [4.69, 9.17) is 9.15 Å². The Morgan fingerprint density at radius 3 is 2.67 bits per heavy atom. The smallest absolute Gasteiger partial charge is 0.298 e. The highest BCUT2D eigenvalue weighted by Gasteiger charge is 2.24. The number of oxazole rings is 1. The summed E-state index contributed by atoms with van der Waals surface area (Å²) in [6.45, 7) is 1.43. The maximum atomic E-state index is 11.6. The molecule has 154 valence electrons. The summed E-state index contributed by atoms with van der Waals surface area (Å²) in [5, 5.41) is 1.90. The molecule has 7 nitrogen and oxygen atoms in total. The molecule has 0 atom stereocenters. The van der Waals surface area contributed by atoms with Crippen molar-refractivity contribution in [2.24, 2.45) is 0 Å². The number of carbonyl (C=O) groups is 2. The summed E-state index contributed by atoms with van der Waals surface area (Å²) in [4.78, 5) is 29.7. The highest BCUT2D eigenvalue weighted by atomic mass is 32.2. The van der Waals surface area contributed by atoms with Crippen LogP contribution in [0.4, 0.5) is 10.8 Å². The predicted molar refractivity (Wildman–Crippen MR) is 118 cm³/mol. The number of benzene rings is 2. The first-order valence-electron chi connectivity index (χ1n) is 9.63. The lowest BCUT2D eigenvalue weighted by atomic mass is 10.2. The van der Waals surface area contributed by atoms with Crippen molar-refractivity contribution in [3.05, 3.63) is 59.0 Å². The molecule has 1 aromatic heterocycles. The number of thioether (sulfide) groups is 1. The van der Waals surface area contributed by atoms with Crippen molar-refractivity contribution < 1.29 is 18.7 Å². The minimum absolute atomic E-state index is 0.340. The van der Waals surface area contributed by atoms with E-state index in [0.29, 0.717) is 17.5 Å². The fraction of sp³-hybridized carbons (Fsp3) is 0.227. The van der Waals surface area contributed by atoms with Gasteiger partial charge in [0.25, 0.3) is 17.2 Å². The van der Waals surface area contributed by atoms with Gasteiger partial charge in [0.15, 0.2) is 5.58 Å². The van der Waals surface area contributed by atoms with E-state index in [1.165, 1.54) is 0 Å². The number of amides is 2. The largest absolute Gasteiger partial charge is 0.494 e. The molecule has 2 heterocycles. The van der Waals surface area contributed by atoms with E-state index >= 15 is 0 Å². The molecule has 1 aliphatic heterocycles. The van der Waals surface area contributed by atoms with Gasteiger partial charge in [-0.05, 0) is 60.5 Å². The molecular weight excluding hydrogens is 402 g/mol. The van der Waals surface area contributed by atoms with E-state index in [0.717, 1.165) is 53.6 Å². The van der Waals surface area contributed by atoms with Crippen LogP contribution in [0.3, 0.4) is 0 Å². The maximum absolute atomic E-state index is 11.6. The topological polar surface area (TPSA) is 84.7 Å². The van der Waals surface area contributed by atoms with Crippen LogP contribution in [0.5, 0.6) is 5.75 Å². The molecule has 2 aromatic carbocycles. The van der Waals surface area contributed by atoms with Gasteiger partial charge in [-0.3, -0.25) is 14.9 Å². The third-order valence-corrected chi connectivity index (χ3v) is 5.40. The number of nitrogens with one attached hydrogen (secondary N) is 1. The lowest BCUT2D eigenvalue weighted by Gasteiger charge is -2.14. The number of para-hydroxylation sites is 2. The summed E-state index contributed by atoms with van der Waals surface area (Å²) in [6, 6.07) is 15.8. The maximum Gasteiger partial charge on any atom is 0.298 e. The van der Waals surface area contributed by atoms with Crippen LogP contribution in [-0.2, 0) is 4.79 Å². The van der Waals surface area contributed by atoms with Gasteiger partial charge < -0.3 is 14.1 Å². The second kappa shape index (κ2) is 9.04. The molecule has 0 aliphatic carbocycles. The van der Waals surface area contributed by atoms with Gasteiger partial charge in [0.05, 0.1) is 11.5 Å². The number of unbranched alkanes of at least 4 members (excludes halogenated alkanes) is 1. The number of anilines is 1. The summed E-state index contributed by atoms with van der Waals surface area (Å²) >= 11 is 0.909. The number of hydrogen-bond donors (Lipinski definition) is 1. The number of nitrogens with zero attached hydrogens (tertiary/aromatic N) is 2. The van der Waals surface area contributed by atoms with Gasteiger partial charge in [0.1, 0.15) is 11.3 Å². The van der Waals surface area contributed by atoms with Crippen LogP contribution in [0.15, 0.2) is 57.9 Å². The van der Waals surface area contributed by atoms with Crippen LogP contribution in [0.2, 0.25) is 0 Å². The van der Waals surface area contributed by atoms with Crippen molar-refractivity contribution in [3.8, 4) is 5.75 Å². The minimum Gasteiger partial charge on any atom is -0.494 e. The number of carbonyl (C=O) groups excluding carboxylic acids is 2. The van der Waals surface area contributed by atoms with Crippen LogP contribution < -0.4 is 15.0 Å². The third kappa shape index (κ3) is 4.83. The molecule has 0 radical (unpaired) electrons. The molecule has 1 saturated heterocycles. The average Bonchev–Trinajstić information content (AvgIpc) is 3.31. The normalized spacial score (nSPS) is 15.0. The van der Waals surface area contributed by atoms with Gasteiger partial charge in [-0.15, -0.1) is 0 Å². The summed E-state index contributed by atoms with van der Waals surface area (Å²) in [6.07, 6.45) is 3.53. The van der Waals surface area contributed by atoms with Crippen molar-refractivity contribution in [2.75, 3.05) is 25.1 Å². The Labute approximate surface area is 178 Å². The van der Waals surface area contributed by atoms with E-state index in [2.05, 4.69) is 10.3 Å². The van der Waals surface area contributed by atoms with Crippen molar-refractivity contribution in [1.29, 1.82) is 0 Å². The Balaban J connectivity index is 1.20. The zero-order valence-electron chi connectivity index (χ0n) is 16.5. The van der Waals surface area contributed by atoms with Crippen LogP contribution in [-0.4, -0.2) is 36.3 Å². The predicted octanol–water partition coefficient (Wildman–Crippen LogP) is 4.45. The fourth-order valence-electron chi connectivity index (χ4n) is 2.99. The van der Waals surface area contributed by atoms with E-state index in [1.807, 2.05) is 60.5 Å². The zero-order valence-corrected chi connectivity index (χ0v) is 17.3. The first-order chi connectivity index (χ1) is 14.6. The Morgan fingerprint density at radius 2 is 1.93 bits per heavy atom. The molecule has 2 amide bonds. The molecule has 4 rings (SSSR count). The molecule has 0 saturated carbocycles. The molecule has 1 fully saturated rings. The molecule has 0 spiro atoms. The lowest BCUT2D eigenvalue weighted by molar-refractivity contribution is -0.115. The molecule has 30 heavy (non-hydrogen) atoms. The van der Waals surface area contributed by atoms with E-state index in [1.54, 1.807) is 6.08 Å². The van der Waals surface area contributed by atoms with Gasteiger partial charge in [0, 0.05) is 13.6 Å². The molecule has 3 aromatic rings. The molecule has 0 unspecified atom stereocenters. The molecule has 8 heteroatoms. The van der Waals surface area contributed by atoms with E-state index in [9.17, 15) is 9.59 Å².